The first kappa shape index (κ1) is 22.8. The summed E-state index contributed by atoms with van der Waals surface area (Å²) in [6, 6.07) is 7.40. The Bertz CT molecular complexity index is 1220. The van der Waals surface area contributed by atoms with E-state index >= 15 is 0 Å². The van der Waals surface area contributed by atoms with Gasteiger partial charge in [0.05, 0.1) is 46.6 Å². The van der Waals surface area contributed by atoms with Crippen molar-refractivity contribution in [2.45, 2.75) is 12.8 Å². The van der Waals surface area contributed by atoms with Crippen LogP contribution >= 0.6 is 0 Å². The van der Waals surface area contributed by atoms with Crippen molar-refractivity contribution in [3.8, 4) is 28.7 Å². The monoisotopic (exact) mass is 482 g/mol. The Kier molecular flexibility index (Phi) is 5.66. The minimum Gasteiger partial charge on any atom is -0.493 e. The van der Waals surface area contributed by atoms with Gasteiger partial charge < -0.3 is 28.4 Å². The molecule has 0 saturated carbocycles. The van der Waals surface area contributed by atoms with E-state index < -0.39 is 17.8 Å². The topological polar surface area (TPSA) is 105 Å². The van der Waals surface area contributed by atoms with Crippen LogP contribution in [0.1, 0.15) is 29.5 Å². The molecule has 0 spiro atoms. The predicted molar refractivity (Wildman–Crippen MR) is 123 cm³/mol. The average molecular weight is 482 g/mol. The number of carbonyl (C=O) groups excluding carboxylic acids is 2. The first-order valence-electron chi connectivity index (χ1n) is 11.1. The molecule has 0 bridgehead atoms. The molecule has 3 aliphatic rings. The molecule has 0 radical (unpaired) electrons. The number of methoxy groups -OCH3 is 4. The summed E-state index contributed by atoms with van der Waals surface area (Å²) < 4.78 is 33.2. The molecule has 0 N–H and O–H groups in total. The van der Waals surface area contributed by atoms with Gasteiger partial charge in [0.15, 0.2) is 23.0 Å². The van der Waals surface area contributed by atoms with E-state index in [1.165, 1.54) is 40.4 Å². The van der Waals surface area contributed by atoms with Crippen molar-refractivity contribution in [1.29, 1.82) is 0 Å². The molecule has 184 valence electrons. The zero-order valence-corrected chi connectivity index (χ0v) is 20.1. The van der Waals surface area contributed by atoms with Gasteiger partial charge in [-0.2, -0.15) is 5.10 Å². The highest BCUT2D eigenvalue weighted by molar-refractivity contribution is 6.09. The molecular formula is C25H26N2O8. The van der Waals surface area contributed by atoms with Crippen molar-refractivity contribution in [3.63, 3.8) is 0 Å². The second-order valence-corrected chi connectivity index (χ2v) is 8.47. The number of nitrogens with zero attached hydrogens (tertiary/aromatic N) is 2. The first-order valence-corrected chi connectivity index (χ1v) is 11.1. The fourth-order valence-electron chi connectivity index (χ4n) is 5.22. The van der Waals surface area contributed by atoms with Gasteiger partial charge in [-0.1, -0.05) is 0 Å². The first-order chi connectivity index (χ1) is 16.9. The summed E-state index contributed by atoms with van der Waals surface area (Å²) in [5, 5.41) is 5.98. The zero-order chi connectivity index (χ0) is 24.9. The van der Waals surface area contributed by atoms with E-state index in [4.69, 9.17) is 28.4 Å². The van der Waals surface area contributed by atoms with Gasteiger partial charge in [-0.3, -0.25) is 9.59 Å². The lowest BCUT2D eigenvalue weighted by Crippen LogP contribution is -2.42. The number of hydrogen-bond acceptors (Lipinski definition) is 9. The maximum absolute atomic E-state index is 13.3. The minimum absolute atomic E-state index is 0.100. The zero-order valence-electron chi connectivity index (χ0n) is 20.1. The van der Waals surface area contributed by atoms with Crippen molar-refractivity contribution in [1.82, 2.24) is 5.01 Å². The van der Waals surface area contributed by atoms with Crippen molar-refractivity contribution in [2.75, 3.05) is 41.8 Å². The van der Waals surface area contributed by atoms with E-state index in [-0.39, 0.29) is 25.2 Å². The molecule has 0 unspecified atom stereocenters. The lowest BCUT2D eigenvalue weighted by atomic mass is 9.65. The minimum atomic E-state index is -0.668. The van der Waals surface area contributed by atoms with Gasteiger partial charge in [-0.15, -0.1) is 0 Å². The summed E-state index contributed by atoms with van der Waals surface area (Å²) in [6.07, 6.45) is 0. The molecule has 2 aromatic rings. The highest BCUT2D eigenvalue weighted by atomic mass is 16.7. The van der Waals surface area contributed by atoms with E-state index in [9.17, 15) is 9.59 Å². The summed E-state index contributed by atoms with van der Waals surface area (Å²) in [5.74, 6) is 0.391. The van der Waals surface area contributed by atoms with Crippen LogP contribution in [0, 0.1) is 11.8 Å². The predicted octanol–water partition coefficient (Wildman–Crippen LogP) is 2.56. The third kappa shape index (κ3) is 3.51. The molecule has 0 saturated heterocycles. The van der Waals surface area contributed by atoms with Gasteiger partial charge in [-0.05, 0) is 35.4 Å². The molecular weight excluding hydrogens is 456 g/mol. The summed E-state index contributed by atoms with van der Waals surface area (Å²) in [7, 11) is 5.97. The number of amides is 1. The number of benzene rings is 2. The van der Waals surface area contributed by atoms with Crippen LogP contribution in [0.5, 0.6) is 28.7 Å². The van der Waals surface area contributed by atoms with Gasteiger partial charge in [0, 0.05) is 24.3 Å². The van der Waals surface area contributed by atoms with Gasteiger partial charge in [0.1, 0.15) is 0 Å². The Labute approximate surface area is 202 Å². The molecule has 35 heavy (non-hydrogen) atoms. The average Bonchev–Trinajstić information content (AvgIpc) is 3.52. The van der Waals surface area contributed by atoms with E-state index in [0.29, 0.717) is 34.5 Å². The van der Waals surface area contributed by atoms with Crippen molar-refractivity contribution in [3.05, 3.63) is 41.0 Å². The Balaban J connectivity index is 1.78. The Morgan fingerprint density at radius 3 is 2.20 bits per heavy atom. The third-order valence-corrected chi connectivity index (χ3v) is 6.78. The molecule has 1 amide bonds. The number of hydrogen-bond donors (Lipinski definition) is 0. The Morgan fingerprint density at radius 2 is 1.63 bits per heavy atom. The number of carbonyl (C=O) groups is 2. The maximum Gasteiger partial charge on any atom is 0.310 e. The third-order valence-electron chi connectivity index (χ3n) is 6.78. The quantitative estimate of drug-likeness (QED) is 0.599. The number of ether oxygens (including phenoxy) is 6. The van der Waals surface area contributed by atoms with E-state index in [0.717, 1.165) is 16.7 Å². The number of hydrazone groups is 1. The smallest absolute Gasteiger partial charge is 0.310 e. The summed E-state index contributed by atoms with van der Waals surface area (Å²) in [6.45, 7) is 1.81. The van der Waals surface area contributed by atoms with Crippen molar-refractivity contribution >= 4 is 17.6 Å². The normalized spacial score (nSPS) is 21.6. The molecule has 0 fully saturated rings. The van der Waals surface area contributed by atoms with Gasteiger partial charge in [0.25, 0.3) is 0 Å². The standard InChI is InChI=1S/C25H26N2O8/c1-12(28)27-10-16-22(25(29)33-5)21(13-6-19(30-2)24(32-4)20(7-13)31-3)14-8-17-18(35-11-34-17)9-15(14)23(16)26-27/h6-9,16,21-22H,10-11H2,1-5H3/t16-,21+,22-/m0/s1. The second kappa shape index (κ2) is 8.68. The number of rotatable bonds is 5. The molecule has 2 heterocycles. The van der Waals surface area contributed by atoms with E-state index in [1.807, 2.05) is 24.3 Å². The van der Waals surface area contributed by atoms with Crippen LogP contribution in [0.3, 0.4) is 0 Å². The van der Waals surface area contributed by atoms with Crippen LogP contribution in [0.2, 0.25) is 0 Å². The lowest BCUT2D eigenvalue weighted by Gasteiger charge is -2.37. The van der Waals surface area contributed by atoms with E-state index in [2.05, 4.69) is 5.10 Å². The van der Waals surface area contributed by atoms with Gasteiger partial charge in [-0.25, -0.2) is 5.01 Å². The molecule has 0 aromatic heterocycles. The fraction of sp³-hybridized carbons (Fsp3) is 0.400. The summed E-state index contributed by atoms with van der Waals surface area (Å²) in [5.41, 5.74) is 3.00. The number of fused-ring (bicyclic) bond motifs is 4. The summed E-state index contributed by atoms with van der Waals surface area (Å²) in [4.78, 5) is 25.6. The molecule has 1 aliphatic carbocycles. The molecule has 10 nitrogen and oxygen atoms in total. The van der Waals surface area contributed by atoms with E-state index in [1.54, 1.807) is 0 Å². The van der Waals surface area contributed by atoms with Crippen LogP contribution in [-0.4, -0.2) is 64.4 Å². The Hall–Kier alpha value is -3.95. The van der Waals surface area contributed by atoms with Gasteiger partial charge >= 0.3 is 5.97 Å². The second-order valence-electron chi connectivity index (χ2n) is 8.47. The van der Waals surface area contributed by atoms with Crippen molar-refractivity contribution in [2.24, 2.45) is 16.9 Å². The SMILES string of the molecule is COC(=O)[C@@H]1[C@H](c2cc(OC)c(OC)c(OC)c2)c2cc3c(cc2C2=NN(C(C)=O)C[C@H]21)OCO3. The summed E-state index contributed by atoms with van der Waals surface area (Å²) >= 11 is 0. The highest BCUT2D eigenvalue weighted by Gasteiger charge is 2.50. The highest BCUT2D eigenvalue weighted by Crippen LogP contribution is 2.52. The fourth-order valence-corrected chi connectivity index (χ4v) is 5.22. The van der Waals surface area contributed by atoms with Crippen molar-refractivity contribution < 1.29 is 38.0 Å². The molecule has 5 rings (SSSR count). The van der Waals surface area contributed by atoms with Crippen LogP contribution in [-0.2, 0) is 14.3 Å². The van der Waals surface area contributed by atoms with Crippen LogP contribution in [0.25, 0.3) is 0 Å². The van der Waals surface area contributed by atoms with Crippen LogP contribution in [0.4, 0.5) is 0 Å². The van der Waals surface area contributed by atoms with Crippen LogP contribution < -0.4 is 23.7 Å². The van der Waals surface area contributed by atoms with Crippen LogP contribution in [0.15, 0.2) is 29.4 Å². The lowest BCUT2D eigenvalue weighted by molar-refractivity contribution is -0.147. The largest absolute Gasteiger partial charge is 0.493 e. The molecule has 3 atom stereocenters. The van der Waals surface area contributed by atoms with Gasteiger partial charge in [0.2, 0.25) is 18.4 Å². The molecule has 10 heteroatoms. The Morgan fingerprint density at radius 1 is 0.971 bits per heavy atom. The number of esters is 1. The molecule has 2 aliphatic heterocycles. The maximum atomic E-state index is 13.3. The molecule has 2 aromatic carbocycles.